The van der Waals surface area contributed by atoms with Gasteiger partial charge in [0.15, 0.2) is 0 Å². The van der Waals surface area contributed by atoms with Crippen LogP contribution >= 0.6 is 0 Å². The van der Waals surface area contributed by atoms with Crippen LogP contribution in [0.15, 0.2) is 0 Å². The normalized spacial score (nSPS) is 41.1. The second kappa shape index (κ2) is 6.19. The van der Waals surface area contributed by atoms with Gasteiger partial charge in [-0.05, 0) is 45.6 Å². The zero-order valence-corrected chi connectivity index (χ0v) is 11.9. The van der Waals surface area contributed by atoms with Crippen LogP contribution in [0.1, 0.15) is 58.8 Å². The van der Waals surface area contributed by atoms with E-state index in [0.29, 0.717) is 0 Å². The number of hydrogen-bond acceptors (Lipinski definition) is 2. The molecule has 4 unspecified atom stereocenters. The molecule has 0 aromatic heterocycles. The fourth-order valence-electron chi connectivity index (χ4n) is 3.81. The summed E-state index contributed by atoms with van der Waals surface area (Å²) in [6.45, 7) is 6.18. The van der Waals surface area contributed by atoms with Crippen LogP contribution in [-0.4, -0.2) is 36.6 Å². The summed E-state index contributed by atoms with van der Waals surface area (Å²) in [6, 6.07) is 2.32. The van der Waals surface area contributed by atoms with E-state index in [0.717, 1.165) is 24.0 Å². The first-order chi connectivity index (χ1) is 8.22. The summed E-state index contributed by atoms with van der Waals surface area (Å²) in [5.41, 5.74) is 0. The van der Waals surface area contributed by atoms with Crippen molar-refractivity contribution in [1.29, 1.82) is 0 Å². The highest BCUT2D eigenvalue weighted by atomic mass is 15.2. The highest BCUT2D eigenvalue weighted by Crippen LogP contribution is 2.29. The molecule has 2 aliphatic rings. The van der Waals surface area contributed by atoms with E-state index < -0.39 is 0 Å². The summed E-state index contributed by atoms with van der Waals surface area (Å²) in [7, 11) is 2.15. The van der Waals surface area contributed by atoms with Crippen LogP contribution in [0.2, 0.25) is 0 Å². The van der Waals surface area contributed by atoms with Crippen LogP contribution in [-0.2, 0) is 0 Å². The molecular weight excluding hydrogens is 208 g/mol. The van der Waals surface area contributed by atoms with Crippen LogP contribution in [0, 0.1) is 5.92 Å². The van der Waals surface area contributed by atoms with E-state index in [-0.39, 0.29) is 0 Å². The minimum absolute atomic E-state index is 0.727. The lowest BCUT2D eigenvalue weighted by Crippen LogP contribution is -2.54. The van der Waals surface area contributed by atoms with E-state index in [2.05, 4.69) is 31.1 Å². The molecule has 1 aliphatic carbocycles. The Hall–Kier alpha value is -0.0800. The molecule has 1 heterocycles. The van der Waals surface area contributed by atoms with Crippen LogP contribution in [0.25, 0.3) is 0 Å². The number of piperidine rings is 1. The van der Waals surface area contributed by atoms with Gasteiger partial charge in [0.05, 0.1) is 0 Å². The molecule has 17 heavy (non-hydrogen) atoms. The van der Waals surface area contributed by atoms with Crippen molar-refractivity contribution in [2.75, 3.05) is 13.6 Å². The van der Waals surface area contributed by atoms with Crippen LogP contribution in [0.4, 0.5) is 0 Å². The molecule has 100 valence electrons. The largest absolute Gasteiger partial charge is 0.315 e. The third kappa shape index (κ3) is 3.23. The zero-order chi connectivity index (χ0) is 12.3. The van der Waals surface area contributed by atoms with Crippen molar-refractivity contribution >= 4 is 0 Å². The number of hydrogen-bond donors (Lipinski definition) is 1. The Bertz CT molecular complexity index is 229. The van der Waals surface area contributed by atoms with Gasteiger partial charge in [-0.1, -0.05) is 26.2 Å². The van der Waals surface area contributed by atoms with Gasteiger partial charge in [-0.2, -0.15) is 0 Å². The van der Waals surface area contributed by atoms with Crippen molar-refractivity contribution < 1.29 is 0 Å². The molecule has 0 radical (unpaired) electrons. The van der Waals surface area contributed by atoms with Gasteiger partial charge in [0.1, 0.15) is 0 Å². The minimum Gasteiger partial charge on any atom is -0.315 e. The average molecular weight is 238 g/mol. The SMILES string of the molecule is CNC1CCCCCC1N1CC(C)CCC1C. The summed E-state index contributed by atoms with van der Waals surface area (Å²) in [5.74, 6) is 0.895. The molecule has 0 aromatic rings. The monoisotopic (exact) mass is 238 g/mol. The lowest BCUT2D eigenvalue weighted by molar-refractivity contribution is 0.0547. The van der Waals surface area contributed by atoms with E-state index in [9.17, 15) is 0 Å². The molecule has 2 heteroatoms. The Morgan fingerprint density at radius 1 is 0.941 bits per heavy atom. The Morgan fingerprint density at radius 3 is 2.47 bits per heavy atom. The summed E-state index contributed by atoms with van der Waals surface area (Å²) < 4.78 is 0. The molecule has 0 aromatic carbocycles. The fraction of sp³-hybridized carbons (Fsp3) is 1.00. The molecule has 2 rings (SSSR count). The molecule has 1 N–H and O–H groups in total. The standard InChI is InChI=1S/C15H30N2/c1-12-9-10-13(2)17(11-12)15-8-6-4-5-7-14(15)16-3/h12-16H,4-11H2,1-3H3. The molecule has 0 bridgehead atoms. The van der Waals surface area contributed by atoms with Gasteiger partial charge in [-0.3, -0.25) is 4.90 Å². The predicted octanol–water partition coefficient (Wildman–Crippen LogP) is 3.03. The molecule has 0 spiro atoms. The van der Waals surface area contributed by atoms with Crippen molar-refractivity contribution in [3.63, 3.8) is 0 Å². The Kier molecular flexibility index (Phi) is 4.87. The smallest absolute Gasteiger partial charge is 0.0252 e. The lowest BCUT2D eigenvalue weighted by atomic mass is 9.90. The van der Waals surface area contributed by atoms with Crippen molar-refractivity contribution in [1.82, 2.24) is 10.2 Å². The van der Waals surface area contributed by atoms with Crippen molar-refractivity contribution in [3.05, 3.63) is 0 Å². The zero-order valence-electron chi connectivity index (χ0n) is 11.9. The van der Waals surface area contributed by atoms with Crippen LogP contribution in [0.3, 0.4) is 0 Å². The Labute approximate surface area is 107 Å². The second-order valence-electron chi connectivity index (χ2n) is 6.33. The van der Waals surface area contributed by atoms with E-state index in [1.807, 2.05) is 0 Å². The summed E-state index contributed by atoms with van der Waals surface area (Å²) in [4.78, 5) is 2.82. The number of likely N-dealkylation sites (tertiary alicyclic amines) is 1. The third-order valence-electron chi connectivity index (χ3n) is 4.94. The molecule has 1 saturated carbocycles. The minimum atomic E-state index is 0.727. The molecule has 0 amide bonds. The van der Waals surface area contributed by atoms with Crippen molar-refractivity contribution in [2.45, 2.75) is 76.9 Å². The van der Waals surface area contributed by atoms with Gasteiger partial charge < -0.3 is 5.32 Å². The highest BCUT2D eigenvalue weighted by molar-refractivity contribution is 4.91. The average Bonchev–Trinajstić information content (AvgIpc) is 2.57. The number of nitrogens with zero attached hydrogens (tertiary/aromatic N) is 1. The quantitative estimate of drug-likeness (QED) is 0.744. The van der Waals surface area contributed by atoms with E-state index in [4.69, 9.17) is 0 Å². The molecule has 4 atom stereocenters. The summed E-state index contributed by atoms with van der Waals surface area (Å²) in [5, 5.41) is 3.59. The maximum Gasteiger partial charge on any atom is 0.0252 e. The van der Waals surface area contributed by atoms with Gasteiger partial charge in [-0.15, -0.1) is 0 Å². The van der Waals surface area contributed by atoms with Crippen LogP contribution < -0.4 is 5.32 Å². The number of rotatable bonds is 2. The first-order valence-corrected chi connectivity index (χ1v) is 7.65. The van der Waals surface area contributed by atoms with E-state index >= 15 is 0 Å². The predicted molar refractivity (Wildman–Crippen MR) is 74.3 cm³/mol. The van der Waals surface area contributed by atoms with E-state index in [1.54, 1.807) is 0 Å². The first-order valence-electron chi connectivity index (χ1n) is 7.65. The number of likely N-dealkylation sites (N-methyl/N-ethyl adjacent to an activating group) is 1. The molecule has 2 nitrogen and oxygen atoms in total. The number of nitrogens with one attached hydrogen (secondary N) is 1. The Balaban J connectivity index is 2.05. The maximum absolute atomic E-state index is 3.59. The molecular formula is C15H30N2. The fourth-order valence-corrected chi connectivity index (χ4v) is 3.81. The molecule has 1 aliphatic heterocycles. The van der Waals surface area contributed by atoms with Crippen molar-refractivity contribution in [3.8, 4) is 0 Å². The van der Waals surface area contributed by atoms with Crippen molar-refractivity contribution in [2.24, 2.45) is 5.92 Å². The maximum atomic E-state index is 3.59. The first kappa shape index (κ1) is 13.4. The summed E-state index contributed by atoms with van der Waals surface area (Å²) in [6.07, 6.45) is 9.89. The lowest BCUT2D eigenvalue weighted by Gasteiger charge is -2.44. The molecule has 2 fully saturated rings. The van der Waals surface area contributed by atoms with Gasteiger partial charge in [0.2, 0.25) is 0 Å². The highest BCUT2D eigenvalue weighted by Gasteiger charge is 2.33. The van der Waals surface area contributed by atoms with Gasteiger partial charge in [-0.25, -0.2) is 0 Å². The topological polar surface area (TPSA) is 15.3 Å². The molecule has 1 saturated heterocycles. The summed E-state index contributed by atoms with van der Waals surface area (Å²) >= 11 is 0. The third-order valence-corrected chi connectivity index (χ3v) is 4.94. The van der Waals surface area contributed by atoms with Crippen LogP contribution in [0.5, 0.6) is 0 Å². The van der Waals surface area contributed by atoms with Gasteiger partial charge in [0.25, 0.3) is 0 Å². The van der Waals surface area contributed by atoms with Gasteiger partial charge in [0, 0.05) is 24.7 Å². The second-order valence-corrected chi connectivity index (χ2v) is 6.33. The van der Waals surface area contributed by atoms with E-state index in [1.165, 1.54) is 51.5 Å². The Morgan fingerprint density at radius 2 is 1.71 bits per heavy atom. The van der Waals surface area contributed by atoms with Gasteiger partial charge >= 0.3 is 0 Å².